The minimum atomic E-state index is 0.310. The van der Waals surface area contributed by atoms with Crippen LogP contribution in [0.4, 0.5) is 11.6 Å². The molecule has 6 heteroatoms. The number of rotatable bonds is 7. The molecular weight excluding hydrogens is 238 g/mol. The average Bonchev–Trinajstić information content (AvgIpc) is 2.33. The predicted octanol–water partition coefficient (Wildman–Crippen LogP) is 1.86. The van der Waals surface area contributed by atoms with Crippen LogP contribution in [0.5, 0.6) is 0 Å². The van der Waals surface area contributed by atoms with E-state index in [4.69, 9.17) is 17.3 Å². The van der Waals surface area contributed by atoms with Crippen molar-refractivity contribution < 1.29 is 0 Å². The van der Waals surface area contributed by atoms with Gasteiger partial charge >= 0.3 is 0 Å². The van der Waals surface area contributed by atoms with Crippen LogP contribution in [0.25, 0.3) is 0 Å². The molecule has 0 aliphatic carbocycles. The van der Waals surface area contributed by atoms with E-state index in [2.05, 4.69) is 34.0 Å². The van der Waals surface area contributed by atoms with Gasteiger partial charge in [0.05, 0.1) is 0 Å². The molecular formula is C11H20ClN5. The maximum Gasteiger partial charge on any atom is 0.150 e. The molecule has 0 saturated carbocycles. The van der Waals surface area contributed by atoms with Gasteiger partial charge in [0, 0.05) is 13.1 Å². The molecule has 0 atom stereocenters. The summed E-state index contributed by atoms with van der Waals surface area (Å²) in [6.07, 6.45) is 2.57. The van der Waals surface area contributed by atoms with E-state index in [1.807, 2.05) is 0 Å². The fraction of sp³-hybridized carbons (Fsp3) is 0.636. The van der Waals surface area contributed by atoms with Crippen LogP contribution in [0.3, 0.4) is 0 Å². The van der Waals surface area contributed by atoms with Gasteiger partial charge in [-0.1, -0.05) is 25.4 Å². The minimum Gasteiger partial charge on any atom is -0.382 e. The minimum absolute atomic E-state index is 0.310. The van der Waals surface area contributed by atoms with Crippen LogP contribution in [0.1, 0.15) is 20.3 Å². The van der Waals surface area contributed by atoms with Gasteiger partial charge in [-0.15, -0.1) is 0 Å². The molecule has 0 radical (unpaired) electrons. The monoisotopic (exact) mass is 257 g/mol. The van der Waals surface area contributed by atoms with E-state index in [1.54, 1.807) is 0 Å². The molecule has 0 bridgehead atoms. The van der Waals surface area contributed by atoms with Crippen molar-refractivity contribution >= 4 is 23.2 Å². The van der Waals surface area contributed by atoms with E-state index in [0.29, 0.717) is 16.7 Å². The summed E-state index contributed by atoms with van der Waals surface area (Å²) in [5, 5.41) is 3.57. The van der Waals surface area contributed by atoms with Crippen molar-refractivity contribution in [1.82, 2.24) is 14.9 Å². The molecule has 0 saturated heterocycles. The number of nitrogen functional groups attached to an aromatic ring is 1. The van der Waals surface area contributed by atoms with E-state index in [9.17, 15) is 0 Å². The van der Waals surface area contributed by atoms with E-state index in [1.165, 1.54) is 6.33 Å². The van der Waals surface area contributed by atoms with E-state index in [0.717, 1.165) is 32.6 Å². The first-order valence-corrected chi connectivity index (χ1v) is 6.29. The molecule has 0 aromatic carbocycles. The summed E-state index contributed by atoms with van der Waals surface area (Å²) in [6, 6.07) is 0. The highest BCUT2D eigenvalue weighted by molar-refractivity contribution is 6.35. The third kappa shape index (κ3) is 4.36. The summed E-state index contributed by atoms with van der Waals surface area (Å²) in [5.74, 6) is 0.914. The molecule has 17 heavy (non-hydrogen) atoms. The number of hydrogen-bond acceptors (Lipinski definition) is 5. The van der Waals surface area contributed by atoms with Gasteiger partial charge in [-0.05, 0) is 19.5 Å². The van der Waals surface area contributed by atoms with Crippen LogP contribution in [0.2, 0.25) is 5.02 Å². The van der Waals surface area contributed by atoms with Crippen LogP contribution < -0.4 is 11.1 Å². The topological polar surface area (TPSA) is 67.1 Å². The number of halogens is 1. The second kappa shape index (κ2) is 7.29. The zero-order valence-electron chi connectivity index (χ0n) is 10.4. The van der Waals surface area contributed by atoms with E-state index in [-0.39, 0.29) is 0 Å². The Hall–Kier alpha value is -1.07. The maximum atomic E-state index is 5.98. The molecule has 0 fully saturated rings. The number of nitrogens with zero attached hydrogens (tertiary/aromatic N) is 3. The Morgan fingerprint density at radius 1 is 1.35 bits per heavy atom. The maximum absolute atomic E-state index is 5.98. The van der Waals surface area contributed by atoms with Crippen LogP contribution in [0, 0.1) is 0 Å². The van der Waals surface area contributed by atoms with Gasteiger partial charge in [-0.2, -0.15) is 0 Å². The Bertz CT molecular complexity index is 345. The number of aromatic nitrogens is 2. The molecule has 1 aromatic rings. The molecule has 0 amide bonds. The lowest BCUT2D eigenvalue weighted by molar-refractivity contribution is 0.300. The second-order valence-electron chi connectivity index (χ2n) is 3.78. The Balaban J connectivity index is 2.42. The summed E-state index contributed by atoms with van der Waals surface area (Å²) in [5.41, 5.74) is 5.59. The van der Waals surface area contributed by atoms with Crippen molar-refractivity contribution in [2.75, 3.05) is 37.2 Å². The summed E-state index contributed by atoms with van der Waals surface area (Å²) >= 11 is 5.98. The van der Waals surface area contributed by atoms with Crippen molar-refractivity contribution in [2.24, 2.45) is 0 Å². The summed E-state index contributed by atoms with van der Waals surface area (Å²) in [7, 11) is 0. The molecule has 0 aliphatic rings. The van der Waals surface area contributed by atoms with Crippen molar-refractivity contribution in [3.63, 3.8) is 0 Å². The Kier molecular flexibility index (Phi) is 6.00. The van der Waals surface area contributed by atoms with Crippen molar-refractivity contribution in [3.05, 3.63) is 11.3 Å². The van der Waals surface area contributed by atoms with Gasteiger partial charge in [-0.25, -0.2) is 9.97 Å². The van der Waals surface area contributed by atoms with Gasteiger partial charge in [0.2, 0.25) is 0 Å². The lowest BCUT2D eigenvalue weighted by Crippen LogP contribution is -2.29. The van der Waals surface area contributed by atoms with E-state index >= 15 is 0 Å². The molecule has 96 valence electrons. The molecule has 0 spiro atoms. The number of likely N-dealkylation sites (N-methyl/N-ethyl adjacent to an activating group) is 1. The molecule has 1 heterocycles. The lowest BCUT2D eigenvalue weighted by Gasteiger charge is -2.19. The molecule has 1 aromatic heterocycles. The average molecular weight is 258 g/mol. The van der Waals surface area contributed by atoms with Crippen molar-refractivity contribution in [2.45, 2.75) is 20.3 Å². The van der Waals surface area contributed by atoms with Crippen LogP contribution >= 0.6 is 11.6 Å². The molecule has 5 nitrogen and oxygen atoms in total. The van der Waals surface area contributed by atoms with Crippen LogP contribution in [-0.4, -0.2) is 41.0 Å². The van der Waals surface area contributed by atoms with Crippen molar-refractivity contribution in [3.8, 4) is 0 Å². The number of anilines is 2. The predicted molar refractivity (Wildman–Crippen MR) is 72.3 cm³/mol. The third-order valence-corrected chi connectivity index (χ3v) is 2.90. The van der Waals surface area contributed by atoms with E-state index < -0.39 is 0 Å². The highest BCUT2D eigenvalue weighted by atomic mass is 35.5. The second-order valence-corrected chi connectivity index (χ2v) is 4.16. The van der Waals surface area contributed by atoms with Crippen molar-refractivity contribution in [1.29, 1.82) is 0 Å². The number of hydrogen-bond donors (Lipinski definition) is 2. The smallest absolute Gasteiger partial charge is 0.150 e. The fourth-order valence-corrected chi connectivity index (χ4v) is 1.75. The van der Waals surface area contributed by atoms with Gasteiger partial charge in [0.1, 0.15) is 23.0 Å². The first-order valence-electron chi connectivity index (χ1n) is 5.91. The van der Waals surface area contributed by atoms with Gasteiger partial charge in [-0.3, -0.25) is 0 Å². The highest BCUT2D eigenvalue weighted by Gasteiger charge is 2.06. The molecule has 0 aliphatic heterocycles. The first kappa shape index (κ1) is 14.0. The largest absolute Gasteiger partial charge is 0.382 e. The zero-order chi connectivity index (χ0) is 12.7. The molecule has 1 rings (SSSR count). The summed E-state index contributed by atoms with van der Waals surface area (Å²) in [6.45, 7) is 8.25. The standard InChI is InChI=1S/C11H20ClN5/c1-3-6-17(4-2)7-5-14-11-9(12)10(13)15-8-16-11/h8H,3-7H2,1-2H3,(H3,13,14,15,16). The Morgan fingerprint density at radius 2 is 2.12 bits per heavy atom. The fourth-order valence-electron chi connectivity index (χ4n) is 1.58. The Morgan fingerprint density at radius 3 is 2.76 bits per heavy atom. The normalized spacial score (nSPS) is 10.8. The Labute approximate surface area is 107 Å². The quantitative estimate of drug-likeness (QED) is 0.780. The lowest BCUT2D eigenvalue weighted by atomic mass is 10.4. The molecule has 3 N–H and O–H groups in total. The number of nitrogens with two attached hydrogens (primary N) is 1. The summed E-state index contributed by atoms with van der Waals surface area (Å²) in [4.78, 5) is 10.2. The van der Waals surface area contributed by atoms with Crippen LogP contribution in [0.15, 0.2) is 6.33 Å². The van der Waals surface area contributed by atoms with Gasteiger partial charge in [0.15, 0.2) is 0 Å². The number of nitrogens with one attached hydrogen (secondary N) is 1. The summed E-state index contributed by atoms with van der Waals surface area (Å²) < 4.78 is 0. The molecule has 0 unspecified atom stereocenters. The SMILES string of the molecule is CCCN(CC)CCNc1ncnc(N)c1Cl. The van der Waals surface area contributed by atoms with Crippen LogP contribution in [-0.2, 0) is 0 Å². The third-order valence-electron chi connectivity index (χ3n) is 2.52. The first-order chi connectivity index (χ1) is 8.19. The van der Waals surface area contributed by atoms with Gasteiger partial charge < -0.3 is 16.0 Å². The van der Waals surface area contributed by atoms with Gasteiger partial charge in [0.25, 0.3) is 0 Å². The zero-order valence-corrected chi connectivity index (χ0v) is 11.2. The highest BCUT2D eigenvalue weighted by Crippen LogP contribution is 2.22.